The molecule has 0 atom stereocenters. The van der Waals surface area contributed by atoms with Crippen LogP contribution in [-0.4, -0.2) is 32.0 Å². The molecular formula is C22H24FNO3. The fraction of sp³-hybridized carbons (Fsp3) is 0.364. The molecule has 1 fully saturated rings. The predicted octanol–water partition coefficient (Wildman–Crippen LogP) is 4.24. The predicted molar refractivity (Wildman–Crippen MR) is 102 cm³/mol. The molecule has 0 aliphatic heterocycles. The summed E-state index contributed by atoms with van der Waals surface area (Å²) in [7, 11) is 1.68. The average Bonchev–Trinajstić information content (AvgIpc) is 2.63. The van der Waals surface area contributed by atoms with Gasteiger partial charge in [0, 0.05) is 30.2 Å². The van der Waals surface area contributed by atoms with Crippen LogP contribution in [0.2, 0.25) is 0 Å². The van der Waals surface area contributed by atoms with Gasteiger partial charge in [-0.05, 0) is 61.2 Å². The van der Waals surface area contributed by atoms with Crippen molar-refractivity contribution in [1.29, 1.82) is 0 Å². The maximum atomic E-state index is 13.7. The van der Waals surface area contributed by atoms with Gasteiger partial charge in [0.15, 0.2) is 5.78 Å². The van der Waals surface area contributed by atoms with E-state index in [1.807, 2.05) is 0 Å². The van der Waals surface area contributed by atoms with Gasteiger partial charge in [-0.2, -0.15) is 0 Å². The van der Waals surface area contributed by atoms with E-state index >= 15 is 0 Å². The SMILES string of the molecule is COCC1(CNC(=O)c2cccc(-c3cc(F)ccc3C(C)=O)c2)CCC1. The number of carbonyl (C=O) groups excluding carboxylic acids is 2. The second-order valence-electron chi connectivity index (χ2n) is 7.30. The van der Waals surface area contributed by atoms with Crippen molar-refractivity contribution < 1.29 is 18.7 Å². The fourth-order valence-corrected chi connectivity index (χ4v) is 3.62. The molecule has 0 aromatic heterocycles. The third kappa shape index (κ3) is 4.25. The number of benzene rings is 2. The van der Waals surface area contributed by atoms with E-state index in [0.29, 0.717) is 35.4 Å². The Morgan fingerprint density at radius 1 is 1.19 bits per heavy atom. The van der Waals surface area contributed by atoms with Crippen LogP contribution in [0.15, 0.2) is 42.5 Å². The zero-order chi connectivity index (χ0) is 19.4. The highest BCUT2D eigenvalue weighted by molar-refractivity contribution is 6.02. The van der Waals surface area contributed by atoms with Gasteiger partial charge in [-0.3, -0.25) is 9.59 Å². The molecule has 4 nitrogen and oxygen atoms in total. The number of methoxy groups -OCH3 is 1. The summed E-state index contributed by atoms with van der Waals surface area (Å²) in [5.41, 5.74) is 2.09. The summed E-state index contributed by atoms with van der Waals surface area (Å²) in [6.45, 7) is 2.66. The summed E-state index contributed by atoms with van der Waals surface area (Å²) in [5, 5.41) is 2.99. The van der Waals surface area contributed by atoms with Crippen LogP contribution < -0.4 is 5.32 Å². The molecule has 1 saturated carbocycles. The fourth-order valence-electron chi connectivity index (χ4n) is 3.62. The average molecular weight is 369 g/mol. The highest BCUT2D eigenvalue weighted by atomic mass is 19.1. The van der Waals surface area contributed by atoms with Gasteiger partial charge in [0.25, 0.3) is 5.91 Å². The van der Waals surface area contributed by atoms with Gasteiger partial charge in [0.2, 0.25) is 0 Å². The summed E-state index contributed by atoms with van der Waals surface area (Å²) in [6, 6.07) is 11.0. The number of Topliss-reactive ketones (excluding diaryl/α,β-unsaturated/α-hetero) is 1. The van der Waals surface area contributed by atoms with E-state index in [4.69, 9.17) is 4.74 Å². The Kier molecular flexibility index (Phi) is 5.71. The van der Waals surface area contributed by atoms with E-state index < -0.39 is 5.82 Å². The van der Waals surface area contributed by atoms with Crippen molar-refractivity contribution in [2.24, 2.45) is 5.41 Å². The van der Waals surface area contributed by atoms with Crippen LogP contribution in [0.3, 0.4) is 0 Å². The monoisotopic (exact) mass is 369 g/mol. The Bertz CT molecular complexity index is 858. The summed E-state index contributed by atoms with van der Waals surface area (Å²) in [5.74, 6) is -0.748. The van der Waals surface area contributed by atoms with Crippen LogP contribution in [-0.2, 0) is 4.74 Å². The third-order valence-corrected chi connectivity index (χ3v) is 5.29. The molecular weight excluding hydrogens is 345 g/mol. The van der Waals surface area contributed by atoms with Crippen LogP contribution in [0.25, 0.3) is 11.1 Å². The molecule has 5 heteroatoms. The van der Waals surface area contributed by atoms with Crippen LogP contribution in [0.1, 0.15) is 46.9 Å². The number of nitrogens with one attached hydrogen (secondary N) is 1. The minimum absolute atomic E-state index is 0.0341. The van der Waals surface area contributed by atoms with Gasteiger partial charge in [-0.1, -0.05) is 18.6 Å². The number of carbonyl (C=O) groups is 2. The zero-order valence-corrected chi connectivity index (χ0v) is 15.7. The van der Waals surface area contributed by atoms with Crippen LogP contribution in [0.4, 0.5) is 4.39 Å². The number of ether oxygens (including phenoxy) is 1. The third-order valence-electron chi connectivity index (χ3n) is 5.29. The molecule has 0 saturated heterocycles. The van der Waals surface area contributed by atoms with Crippen LogP contribution in [0.5, 0.6) is 0 Å². The molecule has 1 amide bonds. The molecule has 1 aliphatic carbocycles. The van der Waals surface area contributed by atoms with Gasteiger partial charge >= 0.3 is 0 Å². The number of hydrogen-bond acceptors (Lipinski definition) is 3. The Morgan fingerprint density at radius 3 is 2.59 bits per heavy atom. The standard InChI is InChI=1S/C22H24FNO3/c1-15(25)19-8-7-18(23)12-20(19)16-5-3-6-17(11-16)21(26)24-13-22(14-27-2)9-4-10-22/h3,5-8,11-12H,4,9-10,13-14H2,1-2H3,(H,24,26). The maximum absolute atomic E-state index is 13.7. The van der Waals surface area contributed by atoms with Crippen molar-refractivity contribution in [3.63, 3.8) is 0 Å². The second kappa shape index (κ2) is 8.01. The van der Waals surface area contributed by atoms with Gasteiger partial charge in [-0.25, -0.2) is 4.39 Å². The van der Waals surface area contributed by atoms with E-state index in [-0.39, 0.29) is 17.1 Å². The first-order chi connectivity index (χ1) is 12.9. The zero-order valence-electron chi connectivity index (χ0n) is 15.7. The summed E-state index contributed by atoms with van der Waals surface area (Å²) in [6.07, 6.45) is 3.25. The number of ketones is 1. The highest BCUT2D eigenvalue weighted by Gasteiger charge is 2.37. The molecule has 1 aliphatic rings. The molecule has 0 radical (unpaired) electrons. The van der Waals surface area contributed by atoms with E-state index in [2.05, 4.69) is 5.32 Å². The lowest BCUT2D eigenvalue weighted by Gasteiger charge is -2.41. The van der Waals surface area contributed by atoms with Crippen molar-refractivity contribution in [3.8, 4) is 11.1 Å². The van der Waals surface area contributed by atoms with Gasteiger partial charge in [0.05, 0.1) is 6.61 Å². The normalized spacial score (nSPS) is 15.1. The Balaban J connectivity index is 1.81. The van der Waals surface area contributed by atoms with Crippen molar-refractivity contribution in [2.75, 3.05) is 20.3 Å². The lowest BCUT2D eigenvalue weighted by molar-refractivity contribution is 0.0180. The highest BCUT2D eigenvalue weighted by Crippen LogP contribution is 2.40. The topological polar surface area (TPSA) is 55.4 Å². The van der Waals surface area contributed by atoms with E-state index in [9.17, 15) is 14.0 Å². The quantitative estimate of drug-likeness (QED) is 0.743. The lowest BCUT2D eigenvalue weighted by Crippen LogP contribution is -2.45. The Morgan fingerprint density at radius 2 is 1.96 bits per heavy atom. The number of rotatable bonds is 7. The summed E-state index contributed by atoms with van der Waals surface area (Å²) < 4.78 is 19.0. The smallest absolute Gasteiger partial charge is 0.251 e. The molecule has 0 heterocycles. The molecule has 142 valence electrons. The Labute approximate surface area is 158 Å². The summed E-state index contributed by atoms with van der Waals surface area (Å²) in [4.78, 5) is 24.5. The molecule has 27 heavy (non-hydrogen) atoms. The number of amides is 1. The minimum atomic E-state index is -0.420. The largest absolute Gasteiger partial charge is 0.384 e. The van der Waals surface area contributed by atoms with E-state index in [0.717, 1.165) is 19.3 Å². The molecule has 0 spiro atoms. The van der Waals surface area contributed by atoms with E-state index in [1.54, 1.807) is 31.4 Å². The van der Waals surface area contributed by atoms with Crippen molar-refractivity contribution >= 4 is 11.7 Å². The van der Waals surface area contributed by atoms with Crippen molar-refractivity contribution in [1.82, 2.24) is 5.32 Å². The first-order valence-electron chi connectivity index (χ1n) is 9.12. The first kappa shape index (κ1) is 19.2. The molecule has 2 aromatic rings. The van der Waals surface area contributed by atoms with E-state index in [1.165, 1.54) is 25.1 Å². The lowest BCUT2D eigenvalue weighted by atomic mass is 9.69. The maximum Gasteiger partial charge on any atom is 0.251 e. The summed E-state index contributed by atoms with van der Waals surface area (Å²) >= 11 is 0. The van der Waals surface area contributed by atoms with Gasteiger partial charge in [0.1, 0.15) is 5.82 Å². The minimum Gasteiger partial charge on any atom is -0.384 e. The molecule has 0 bridgehead atoms. The van der Waals surface area contributed by atoms with Gasteiger partial charge in [-0.15, -0.1) is 0 Å². The van der Waals surface area contributed by atoms with Gasteiger partial charge < -0.3 is 10.1 Å². The molecule has 3 rings (SSSR count). The van der Waals surface area contributed by atoms with Crippen LogP contribution in [0, 0.1) is 11.2 Å². The Hall–Kier alpha value is -2.53. The second-order valence-corrected chi connectivity index (χ2v) is 7.30. The van der Waals surface area contributed by atoms with Crippen molar-refractivity contribution in [3.05, 3.63) is 59.4 Å². The number of hydrogen-bond donors (Lipinski definition) is 1. The molecule has 2 aromatic carbocycles. The molecule has 1 N–H and O–H groups in total. The van der Waals surface area contributed by atoms with Crippen molar-refractivity contribution in [2.45, 2.75) is 26.2 Å². The number of halogens is 1. The molecule has 0 unspecified atom stereocenters. The first-order valence-corrected chi connectivity index (χ1v) is 9.12. The van der Waals surface area contributed by atoms with Crippen LogP contribution >= 0.6 is 0 Å².